The van der Waals surface area contributed by atoms with Crippen LogP contribution in [0.3, 0.4) is 0 Å². The van der Waals surface area contributed by atoms with Crippen LogP contribution in [0.15, 0.2) is 65.7 Å². The molecule has 1 aliphatic rings. The van der Waals surface area contributed by atoms with E-state index >= 15 is 0 Å². The second kappa shape index (κ2) is 8.96. The molecule has 1 aliphatic heterocycles. The number of fused-ring (bicyclic) bond motifs is 1. The van der Waals surface area contributed by atoms with Crippen LogP contribution in [0.25, 0.3) is 0 Å². The lowest BCUT2D eigenvalue weighted by Crippen LogP contribution is -2.24. The molecule has 3 aromatic carbocycles. The Morgan fingerprint density at radius 2 is 1.79 bits per heavy atom. The Balaban J connectivity index is 1.88. The van der Waals surface area contributed by atoms with Crippen molar-refractivity contribution in [3.05, 3.63) is 94.3 Å². The van der Waals surface area contributed by atoms with Gasteiger partial charge in [0.15, 0.2) is 0 Å². The molecular weight excluding hydrogens is 419 g/mol. The van der Waals surface area contributed by atoms with Crippen LogP contribution in [-0.4, -0.2) is 36.5 Å². The van der Waals surface area contributed by atoms with Crippen LogP contribution in [0.2, 0.25) is 0 Å². The lowest BCUT2D eigenvalue weighted by Gasteiger charge is -2.17. The van der Waals surface area contributed by atoms with E-state index in [-0.39, 0.29) is 5.91 Å². The van der Waals surface area contributed by atoms with Crippen LogP contribution >= 0.6 is 0 Å². The number of nitrogens with one attached hydrogen (secondary N) is 1. The standard InChI is InChI=1S/C26H25FN4O2/c1-15-19(5-4-6-20(15)25(28)32)24(29-18-10-7-16(8-11-18)14-31(2)3)23-21-12-9-17(27)13-22(21)30-26(23)33/h4-13,23H,14H2,1-3H3,(H2,28,32)(H,30,33). The van der Waals surface area contributed by atoms with Crippen molar-refractivity contribution in [2.24, 2.45) is 10.7 Å². The van der Waals surface area contributed by atoms with Gasteiger partial charge in [0.25, 0.3) is 0 Å². The summed E-state index contributed by atoms with van der Waals surface area (Å²) in [4.78, 5) is 31.9. The van der Waals surface area contributed by atoms with Crippen LogP contribution in [-0.2, 0) is 11.3 Å². The van der Waals surface area contributed by atoms with Crippen molar-refractivity contribution in [2.45, 2.75) is 19.4 Å². The molecule has 1 atom stereocenters. The Morgan fingerprint density at radius 1 is 1.09 bits per heavy atom. The Morgan fingerprint density at radius 3 is 2.45 bits per heavy atom. The number of aliphatic imine (C=N–C) groups is 1. The van der Waals surface area contributed by atoms with Gasteiger partial charge < -0.3 is 16.0 Å². The SMILES string of the molecule is Cc1c(C(N)=O)cccc1C(=Nc1ccc(CN(C)C)cc1)C1C(=O)Nc2cc(F)ccc21. The van der Waals surface area contributed by atoms with Crippen LogP contribution < -0.4 is 11.1 Å². The van der Waals surface area contributed by atoms with Crippen LogP contribution in [0.1, 0.15) is 38.5 Å². The van der Waals surface area contributed by atoms with Gasteiger partial charge in [-0.05, 0) is 68.0 Å². The number of hydrogen-bond acceptors (Lipinski definition) is 4. The van der Waals surface area contributed by atoms with Gasteiger partial charge in [0, 0.05) is 23.4 Å². The summed E-state index contributed by atoms with van der Waals surface area (Å²) >= 11 is 0. The highest BCUT2D eigenvalue weighted by Crippen LogP contribution is 2.37. The van der Waals surface area contributed by atoms with Crippen LogP contribution in [0.4, 0.5) is 15.8 Å². The second-order valence-electron chi connectivity index (χ2n) is 8.40. The van der Waals surface area contributed by atoms with Gasteiger partial charge in [-0.3, -0.25) is 14.6 Å². The summed E-state index contributed by atoms with van der Waals surface area (Å²) in [5.41, 5.74) is 10.5. The van der Waals surface area contributed by atoms with Gasteiger partial charge in [0.2, 0.25) is 11.8 Å². The van der Waals surface area contributed by atoms with Gasteiger partial charge in [0.1, 0.15) is 11.7 Å². The van der Waals surface area contributed by atoms with Crippen molar-refractivity contribution in [3.63, 3.8) is 0 Å². The van der Waals surface area contributed by atoms with E-state index in [0.29, 0.717) is 39.3 Å². The lowest BCUT2D eigenvalue weighted by atomic mass is 9.87. The molecule has 2 amide bonds. The number of nitrogens with zero attached hydrogens (tertiary/aromatic N) is 2. The van der Waals surface area contributed by atoms with E-state index in [1.54, 1.807) is 25.1 Å². The molecule has 0 spiro atoms. The van der Waals surface area contributed by atoms with Gasteiger partial charge in [0.05, 0.1) is 11.4 Å². The van der Waals surface area contributed by atoms with Crippen molar-refractivity contribution < 1.29 is 14.0 Å². The number of hydrogen-bond donors (Lipinski definition) is 2. The Hall–Kier alpha value is -3.84. The van der Waals surface area contributed by atoms with E-state index in [0.717, 1.165) is 12.1 Å². The first kappa shape index (κ1) is 22.4. The van der Waals surface area contributed by atoms with E-state index < -0.39 is 17.6 Å². The normalized spacial score (nSPS) is 15.5. The number of nitrogens with two attached hydrogens (primary N) is 1. The average Bonchev–Trinajstić information content (AvgIpc) is 3.07. The van der Waals surface area contributed by atoms with E-state index in [1.807, 2.05) is 44.4 Å². The van der Waals surface area contributed by atoms with Crippen LogP contribution in [0, 0.1) is 12.7 Å². The van der Waals surface area contributed by atoms with Crippen molar-refractivity contribution >= 4 is 28.9 Å². The molecule has 33 heavy (non-hydrogen) atoms. The predicted octanol–water partition coefficient (Wildman–Crippen LogP) is 4.15. The van der Waals surface area contributed by atoms with Gasteiger partial charge in [-0.25, -0.2) is 4.39 Å². The third kappa shape index (κ3) is 4.54. The summed E-state index contributed by atoms with van der Waals surface area (Å²) in [6, 6.07) is 17.2. The molecule has 1 heterocycles. The minimum atomic E-state index is -0.760. The molecule has 3 aromatic rings. The molecule has 6 nitrogen and oxygen atoms in total. The lowest BCUT2D eigenvalue weighted by molar-refractivity contribution is -0.115. The Labute approximate surface area is 191 Å². The maximum absolute atomic E-state index is 13.8. The average molecular weight is 445 g/mol. The summed E-state index contributed by atoms with van der Waals surface area (Å²) < 4.78 is 13.8. The van der Waals surface area contributed by atoms with Crippen molar-refractivity contribution in [1.82, 2.24) is 4.90 Å². The summed E-state index contributed by atoms with van der Waals surface area (Å²) in [7, 11) is 4.00. The predicted molar refractivity (Wildman–Crippen MR) is 127 cm³/mol. The number of rotatable bonds is 6. The number of carbonyl (C=O) groups is 2. The zero-order valence-corrected chi connectivity index (χ0v) is 18.7. The zero-order chi connectivity index (χ0) is 23.7. The van der Waals surface area contributed by atoms with Crippen LogP contribution in [0.5, 0.6) is 0 Å². The number of carbonyl (C=O) groups excluding carboxylic acids is 2. The first-order valence-electron chi connectivity index (χ1n) is 10.6. The zero-order valence-electron chi connectivity index (χ0n) is 18.7. The Bertz CT molecular complexity index is 1270. The number of amides is 2. The quantitative estimate of drug-likeness (QED) is 0.560. The topological polar surface area (TPSA) is 87.8 Å². The van der Waals surface area contributed by atoms with E-state index in [2.05, 4.69) is 10.2 Å². The third-order valence-corrected chi connectivity index (χ3v) is 5.68. The number of benzene rings is 3. The highest BCUT2D eigenvalue weighted by molar-refractivity contribution is 6.25. The third-order valence-electron chi connectivity index (χ3n) is 5.68. The number of anilines is 1. The molecule has 1 unspecified atom stereocenters. The number of primary amides is 1. The fourth-order valence-corrected chi connectivity index (χ4v) is 4.15. The van der Waals surface area contributed by atoms with Gasteiger partial charge in [-0.2, -0.15) is 0 Å². The monoisotopic (exact) mass is 444 g/mol. The summed E-state index contributed by atoms with van der Waals surface area (Å²) in [6.45, 7) is 2.57. The molecule has 0 radical (unpaired) electrons. The maximum Gasteiger partial charge on any atom is 0.248 e. The second-order valence-corrected chi connectivity index (χ2v) is 8.40. The Kier molecular flexibility index (Phi) is 6.07. The highest BCUT2D eigenvalue weighted by Gasteiger charge is 2.36. The molecule has 3 N–H and O–H groups in total. The molecule has 0 fully saturated rings. The molecule has 0 bridgehead atoms. The number of halogens is 1. The first-order chi connectivity index (χ1) is 15.7. The maximum atomic E-state index is 13.8. The van der Waals surface area contributed by atoms with E-state index in [9.17, 15) is 14.0 Å². The van der Waals surface area contributed by atoms with Crippen molar-refractivity contribution in [3.8, 4) is 0 Å². The molecule has 0 aliphatic carbocycles. The summed E-state index contributed by atoms with van der Waals surface area (Å²) in [6.07, 6.45) is 0. The molecule has 0 saturated carbocycles. The smallest absolute Gasteiger partial charge is 0.248 e. The fourth-order valence-electron chi connectivity index (χ4n) is 4.15. The van der Waals surface area contributed by atoms with Crippen molar-refractivity contribution in [1.29, 1.82) is 0 Å². The first-order valence-corrected chi connectivity index (χ1v) is 10.6. The summed E-state index contributed by atoms with van der Waals surface area (Å²) in [5, 5.41) is 2.75. The minimum Gasteiger partial charge on any atom is -0.366 e. The molecular formula is C26H25FN4O2. The summed E-state index contributed by atoms with van der Waals surface area (Å²) in [5.74, 6) is -2.05. The van der Waals surface area contributed by atoms with Crippen molar-refractivity contribution in [2.75, 3.05) is 19.4 Å². The van der Waals surface area contributed by atoms with Gasteiger partial charge in [-0.1, -0.05) is 30.3 Å². The molecule has 168 valence electrons. The fraction of sp³-hybridized carbons (Fsp3) is 0.192. The molecule has 0 saturated heterocycles. The minimum absolute atomic E-state index is 0.303. The largest absolute Gasteiger partial charge is 0.366 e. The molecule has 4 rings (SSSR count). The molecule has 7 heteroatoms. The highest BCUT2D eigenvalue weighted by atomic mass is 19.1. The molecule has 0 aromatic heterocycles. The van der Waals surface area contributed by atoms with E-state index in [4.69, 9.17) is 10.7 Å². The van der Waals surface area contributed by atoms with Gasteiger partial charge >= 0.3 is 0 Å². The van der Waals surface area contributed by atoms with Gasteiger partial charge in [-0.15, -0.1) is 0 Å². The van der Waals surface area contributed by atoms with E-state index in [1.165, 1.54) is 12.1 Å².